The Kier molecular flexibility index (Phi) is 5.65. The van der Waals surface area contributed by atoms with Crippen LogP contribution in [-0.4, -0.2) is 41.8 Å². The quantitative estimate of drug-likeness (QED) is 0.542. The van der Waals surface area contributed by atoms with E-state index in [0.717, 1.165) is 38.8 Å². The monoisotopic (exact) mass is 344 g/mol. The second kappa shape index (κ2) is 8.11. The van der Waals surface area contributed by atoms with Crippen LogP contribution in [0.15, 0.2) is 30.3 Å². The fraction of sp³-hybridized carbons (Fsp3) is 0.500. The minimum Gasteiger partial charge on any atom is -0.345 e. The first-order chi connectivity index (χ1) is 12.1. The maximum Gasteiger partial charge on any atom is 0.327 e. The van der Waals surface area contributed by atoms with Crippen molar-refractivity contribution in [3.05, 3.63) is 35.9 Å². The molecular formula is C18H24N4O3. The van der Waals surface area contributed by atoms with Crippen LogP contribution in [-0.2, 0) is 20.9 Å². The molecule has 0 bridgehead atoms. The highest BCUT2D eigenvalue weighted by Crippen LogP contribution is 2.19. The first-order valence-corrected chi connectivity index (χ1v) is 8.79. The van der Waals surface area contributed by atoms with E-state index in [9.17, 15) is 14.4 Å². The molecule has 1 heterocycles. The molecule has 1 unspecified atom stereocenters. The summed E-state index contributed by atoms with van der Waals surface area (Å²) < 4.78 is 0. The Morgan fingerprint density at radius 1 is 1.00 bits per heavy atom. The highest BCUT2D eigenvalue weighted by atomic mass is 16.2. The molecule has 0 radical (unpaired) electrons. The minimum atomic E-state index is -0.822. The van der Waals surface area contributed by atoms with Crippen molar-refractivity contribution in [3.8, 4) is 0 Å². The molecule has 3 N–H and O–H groups in total. The lowest BCUT2D eigenvalue weighted by Crippen LogP contribution is -2.52. The van der Waals surface area contributed by atoms with Gasteiger partial charge in [0.15, 0.2) is 0 Å². The second-order valence-electron chi connectivity index (χ2n) is 6.75. The summed E-state index contributed by atoms with van der Waals surface area (Å²) in [4.78, 5) is 37.7. The van der Waals surface area contributed by atoms with E-state index >= 15 is 0 Å². The summed E-state index contributed by atoms with van der Waals surface area (Å²) in [5, 5.41) is 2.58. The summed E-state index contributed by atoms with van der Waals surface area (Å²) in [6.07, 6.45) is 3.53. The number of carbonyl (C=O) groups is 3. The molecule has 1 saturated heterocycles. The third-order valence-corrected chi connectivity index (χ3v) is 4.54. The number of hydrazine groups is 1. The van der Waals surface area contributed by atoms with E-state index in [0.29, 0.717) is 6.54 Å². The van der Waals surface area contributed by atoms with Gasteiger partial charge in [0, 0.05) is 19.1 Å². The summed E-state index contributed by atoms with van der Waals surface area (Å²) in [6.45, 7) is 2.40. The fourth-order valence-corrected chi connectivity index (χ4v) is 3.01. The number of hydrogen-bond donors (Lipinski definition) is 3. The van der Waals surface area contributed by atoms with E-state index in [2.05, 4.69) is 33.2 Å². The van der Waals surface area contributed by atoms with Crippen LogP contribution in [0.3, 0.4) is 0 Å². The van der Waals surface area contributed by atoms with E-state index < -0.39 is 11.8 Å². The number of nitrogens with one attached hydrogen (secondary N) is 3. The van der Waals surface area contributed by atoms with Crippen molar-refractivity contribution in [2.45, 2.75) is 38.3 Å². The third-order valence-electron chi connectivity index (χ3n) is 4.54. The Balaban J connectivity index is 1.43. The molecule has 1 aliphatic carbocycles. The van der Waals surface area contributed by atoms with Gasteiger partial charge in [-0.05, 0) is 37.8 Å². The fourth-order valence-electron chi connectivity index (χ4n) is 3.01. The lowest BCUT2D eigenvalue weighted by Gasteiger charge is -2.31. The molecule has 0 spiro atoms. The van der Waals surface area contributed by atoms with Gasteiger partial charge < -0.3 is 5.32 Å². The molecule has 25 heavy (non-hydrogen) atoms. The van der Waals surface area contributed by atoms with Crippen LogP contribution >= 0.6 is 0 Å². The lowest BCUT2D eigenvalue weighted by atomic mass is 9.97. The minimum absolute atomic E-state index is 0.110. The van der Waals surface area contributed by atoms with Crippen molar-refractivity contribution in [1.82, 2.24) is 21.1 Å². The first-order valence-electron chi connectivity index (χ1n) is 8.79. The van der Waals surface area contributed by atoms with Gasteiger partial charge in [-0.2, -0.15) is 0 Å². The average molecular weight is 344 g/mol. The van der Waals surface area contributed by atoms with E-state index in [1.165, 1.54) is 5.56 Å². The van der Waals surface area contributed by atoms with E-state index in [1.54, 1.807) is 0 Å². The van der Waals surface area contributed by atoms with E-state index in [1.807, 2.05) is 18.2 Å². The highest BCUT2D eigenvalue weighted by Gasteiger charge is 2.28. The highest BCUT2D eigenvalue weighted by molar-refractivity contribution is 6.35. The largest absolute Gasteiger partial charge is 0.345 e. The Morgan fingerprint density at radius 2 is 1.76 bits per heavy atom. The topological polar surface area (TPSA) is 90.5 Å². The number of piperidine rings is 1. The van der Waals surface area contributed by atoms with Crippen molar-refractivity contribution < 1.29 is 14.4 Å². The Morgan fingerprint density at radius 3 is 2.48 bits per heavy atom. The number of amides is 3. The summed E-state index contributed by atoms with van der Waals surface area (Å²) in [7, 11) is 0. The van der Waals surface area contributed by atoms with Gasteiger partial charge in [-0.15, -0.1) is 0 Å². The molecular weight excluding hydrogens is 320 g/mol. The smallest absolute Gasteiger partial charge is 0.327 e. The zero-order valence-electron chi connectivity index (χ0n) is 14.2. The first kappa shape index (κ1) is 17.4. The summed E-state index contributed by atoms with van der Waals surface area (Å²) in [5.41, 5.74) is 5.81. The van der Waals surface area contributed by atoms with Gasteiger partial charge >= 0.3 is 11.8 Å². The predicted molar refractivity (Wildman–Crippen MR) is 91.9 cm³/mol. The van der Waals surface area contributed by atoms with Gasteiger partial charge in [0.2, 0.25) is 5.91 Å². The van der Waals surface area contributed by atoms with Crippen molar-refractivity contribution in [2.75, 3.05) is 13.1 Å². The molecule has 2 aliphatic rings. The normalized spacial score (nSPS) is 20.6. The van der Waals surface area contributed by atoms with Crippen LogP contribution in [0.4, 0.5) is 0 Å². The zero-order valence-corrected chi connectivity index (χ0v) is 14.2. The maximum atomic E-state index is 12.3. The SMILES string of the molecule is O=C(NNC(=O)C1CCCN(Cc2ccccc2)C1)C(=O)NC1CC1. The van der Waals surface area contributed by atoms with E-state index in [-0.39, 0.29) is 17.9 Å². The number of hydrogen-bond acceptors (Lipinski definition) is 4. The molecule has 7 heteroatoms. The third kappa shape index (κ3) is 5.29. The molecule has 3 amide bonds. The molecule has 1 aliphatic heterocycles. The molecule has 1 aromatic rings. The number of benzene rings is 1. The Labute approximate surface area is 147 Å². The van der Waals surface area contributed by atoms with E-state index in [4.69, 9.17) is 0 Å². The molecule has 1 aromatic carbocycles. The maximum absolute atomic E-state index is 12.3. The van der Waals surface area contributed by atoms with Crippen LogP contribution in [0, 0.1) is 5.92 Å². The van der Waals surface area contributed by atoms with Crippen molar-refractivity contribution in [1.29, 1.82) is 0 Å². The second-order valence-corrected chi connectivity index (χ2v) is 6.75. The van der Waals surface area contributed by atoms with Crippen LogP contribution in [0.5, 0.6) is 0 Å². The van der Waals surface area contributed by atoms with Crippen LogP contribution < -0.4 is 16.2 Å². The zero-order chi connectivity index (χ0) is 17.6. The van der Waals surface area contributed by atoms with Crippen molar-refractivity contribution >= 4 is 17.7 Å². The number of carbonyl (C=O) groups excluding carboxylic acids is 3. The summed E-state index contributed by atoms with van der Waals surface area (Å²) in [6, 6.07) is 10.2. The predicted octanol–water partition coefficient (Wildman–Crippen LogP) is 0.325. The average Bonchev–Trinajstić information content (AvgIpc) is 3.44. The van der Waals surface area contributed by atoms with Crippen LogP contribution in [0.1, 0.15) is 31.2 Å². The number of rotatable bonds is 4. The van der Waals surface area contributed by atoms with Gasteiger partial charge in [-0.1, -0.05) is 30.3 Å². The molecule has 7 nitrogen and oxygen atoms in total. The van der Waals surface area contributed by atoms with Gasteiger partial charge in [0.1, 0.15) is 0 Å². The van der Waals surface area contributed by atoms with Crippen LogP contribution in [0.2, 0.25) is 0 Å². The number of nitrogens with zero attached hydrogens (tertiary/aromatic N) is 1. The van der Waals surface area contributed by atoms with Gasteiger partial charge in [0.05, 0.1) is 5.92 Å². The lowest BCUT2D eigenvalue weighted by molar-refractivity contribution is -0.141. The molecule has 2 fully saturated rings. The van der Waals surface area contributed by atoms with Gasteiger partial charge in [-0.3, -0.25) is 30.1 Å². The molecule has 1 atom stereocenters. The molecule has 134 valence electrons. The Hall–Kier alpha value is -2.41. The van der Waals surface area contributed by atoms with Gasteiger partial charge in [-0.25, -0.2) is 0 Å². The summed E-state index contributed by atoms with van der Waals surface area (Å²) >= 11 is 0. The molecule has 0 aromatic heterocycles. The standard InChI is InChI=1S/C18H24N4O3/c23-16(20-21-18(25)17(24)19-15-8-9-15)14-7-4-10-22(12-14)11-13-5-2-1-3-6-13/h1-3,5-6,14-15H,4,7-12H2,(H,19,24)(H,20,23)(H,21,25). The molecule has 3 rings (SSSR count). The molecule has 1 saturated carbocycles. The number of likely N-dealkylation sites (tertiary alicyclic amines) is 1. The van der Waals surface area contributed by atoms with Crippen LogP contribution in [0.25, 0.3) is 0 Å². The van der Waals surface area contributed by atoms with Gasteiger partial charge in [0.25, 0.3) is 0 Å². The summed E-state index contributed by atoms with van der Waals surface area (Å²) in [5.74, 6) is -1.95. The van der Waals surface area contributed by atoms with Crippen molar-refractivity contribution in [2.24, 2.45) is 5.92 Å². The van der Waals surface area contributed by atoms with Crippen molar-refractivity contribution in [3.63, 3.8) is 0 Å². The Bertz CT molecular complexity index is 630.